The molecule has 0 N–H and O–H groups in total. The molecule has 0 radical (unpaired) electrons. The van der Waals surface area contributed by atoms with Crippen molar-refractivity contribution in [2.24, 2.45) is 5.18 Å². The van der Waals surface area contributed by atoms with E-state index in [-0.39, 0.29) is 15.7 Å². The number of nitroso groups, excluding NO2 is 1. The highest BCUT2D eigenvalue weighted by Gasteiger charge is 2.21. The molecule has 0 fully saturated rings. The van der Waals surface area contributed by atoms with Gasteiger partial charge < -0.3 is 0 Å². The van der Waals surface area contributed by atoms with Gasteiger partial charge in [0, 0.05) is 0 Å². The third-order valence-corrected chi connectivity index (χ3v) is 2.12. The highest BCUT2D eigenvalue weighted by molar-refractivity contribution is 6.43. The van der Waals surface area contributed by atoms with Crippen LogP contribution in [0.2, 0.25) is 10.0 Å². The number of hydrogen-bond donors (Lipinski definition) is 0. The normalized spacial score (nSPS) is 9.69. The smallest absolute Gasteiger partial charge is 0.258 e. The Balaban J connectivity index is 3.50. The van der Waals surface area contributed by atoms with E-state index >= 15 is 0 Å². The first-order valence-electron chi connectivity index (χ1n) is 3.03. The molecule has 0 atom stereocenters. The zero-order valence-corrected chi connectivity index (χ0v) is 7.54. The number of hydrogen-bond acceptors (Lipinski definition) is 4. The number of rotatable bonds is 2. The van der Waals surface area contributed by atoms with E-state index in [1.165, 1.54) is 6.07 Å². The lowest BCUT2D eigenvalue weighted by molar-refractivity contribution is -0.383. The van der Waals surface area contributed by atoms with Gasteiger partial charge in [-0.1, -0.05) is 23.2 Å². The van der Waals surface area contributed by atoms with Gasteiger partial charge in [0.05, 0.1) is 9.95 Å². The number of nitro groups is 1. The third-order valence-electron chi connectivity index (χ3n) is 1.33. The Labute approximate surface area is 82.4 Å². The summed E-state index contributed by atoms with van der Waals surface area (Å²) < 4.78 is 0. The second-order valence-electron chi connectivity index (χ2n) is 2.08. The molecule has 0 saturated carbocycles. The second-order valence-corrected chi connectivity index (χ2v) is 2.86. The van der Waals surface area contributed by atoms with Gasteiger partial charge in [-0.15, -0.1) is 4.91 Å². The molecule has 0 unspecified atom stereocenters. The lowest BCUT2D eigenvalue weighted by Gasteiger charge is -1.98. The Morgan fingerprint density at radius 1 is 1.38 bits per heavy atom. The van der Waals surface area contributed by atoms with Gasteiger partial charge in [-0.2, -0.15) is 0 Å². The molecule has 1 aromatic carbocycles. The highest BCUT2D eigenvalue weighted by atomic mass is 35.5. The molecule has 1 aromatic rings. The molecule has 0 saturated heterocycles. The van der Waals surface area contributed by atoms with Crippen LogP contribution in [0, 0.1) is 15.0 Å². The van der Waals surface area contributed by atoms with Gasteiger partial charge in [-0.25, -0.2) is 0 Å². The van der Waals surface area contributed by atoms with E-state index in [2.05, 4.69) is 5.18 Å². The van der Waals surface area contributed by atoms with Gasteiger partial charge in [0.2, 0.25) is 0 Å². The zero-order valence-electron chi connectivity index (χ0n) is 6.03. The van der Waals surface area contributed by atoms with Crippen molar-refractivity contribution < 1.29 is 4.92 Å². The number of nitrogens with zero attached hydrogens (tertiary/aromatic N) is 2. The van der Waals surface area contributed by atoms with E-state index in [4.69, 9.17) is 23.2 Å². The fourth-order valence-electron chi connectivity index (χ4n) is 0.777. The van der Waals surface area contributed by atoms with Gasteiger partial charge >= 0.3 is 5.69 Å². The maximum absolute atomic E-state index is 10.4. The zero-order chi connectivity index (χ0) is 10.0. The number of halogens is 2. The van der Waals surface area contributed by atoms with Crippen molar-refractivity contribution in [1.29, 1.82) is 0 Å². The molecule has 0 aromatic heterocycles. The molecule has 0 aliphatic carbocycles. The minimum Gasteiger partial charge on any atom is -0.258 e. The van der Waals surface area contributed by atoms with Gasteiger partial charge in [0.1, 0.15) is 5.02 Å². The Bertz CT molecular complexity index is 380. The summed E-state index contributed by atoms with van der Waals surface area (Å²) >= 11 is 11.0. The van der Waals surface area contributed by atoms with Crippen LogP contribution in [0.3, 0.4) is 0 Å². The average molecular weight is 221 g/mol. The van der Waals surface area contributed by atoms with E-state index < -0.39 is 10.6 Å². The average Bonchev–Trinajstić information content (AvgIpc) is 2.08. The Kier molecular flexibility index (Phi) is 2.79. The molecule has 0 amide bonds. The van der Waals surface area contributed by atoms with Crippen molar-refractivity contribution in [3.8, 4) is 0 Å². The maximum atomic E-state index is 10.4. The van der Waals surface area contributed by atoms with Crippen LogP contribution in [0.5, 0.6) is 0 Å². The summed E-state index contributed by atoms with van der Waals surface area (Å²) in [6.45, 7) is 0. The largest absolute Gasteiger partial charge is 0.318 e. The molecular weight excluding hydrogens is 219 g/mol. The molecule has 0 spiro atoms. The van der Waals surface area contributed by atoms with Crippen molar-refractivity contribution in [2.75, 3.05) is 0 Å². The molecule has 0 aliphatic heterocycles. The summed E-state index contributed by atoms with van der Waals surface area (Å²) in [5.41, 5.74) is -0.899. The van der Waals surface area contributed by atoms with Crippen molar-refractivity contribution in [3.63, 3.8) is 0 Å². The molecular formula is C6H2Cl2N2O3. The standard InChI is InChI=1S/C6H2Cl2N2O3/c7-3-1-2-4(9-11)6(5(3)8)10(12)13/h1-2H. The van der Waals surface area contributed by atoms with Crippen molar-refractivity contribution in [2.45, 2.75) is 0 Å². The minimum absolute atomic E-state index is 0.0146. The van der Waals surface area contributed by atoms with Gasteiger partial charge in [-0.3, -0.25) is 10.1 Å². The van der Waals surface area contributed by atoms with Crippen LogP contribution in [0.15, 0.2) is 17.3 Å². The topological polar surface area (TPSA) is 72.6 Å². The van der Waals surface area contributed by atoms with E-state index in [1.807, 2.05) is 0 Å². The highest BCUT2D eigenvalue weighted by Crippen LogP contribution is 2.39. The van der Waals surface area contributed by atoms with Crippen molar-refractivity contribution >= 4 is 34.6 Å². The van der Waals surface area contributed by atoms with Crippen LogP contribution < -0.4 is 0 Å². The first-order valence-corrected chi connectivity index (χ1v) is 3.79. The summed E-state index contributed by atoms with van der Waals surface area (Å²) in [7, 11) is 0. The molecule has 7 heteroatoms. The maximum Gasteiger partial charge on any atom is 0.318 e. The summed E-state index contributed by atoms with van der Waals surface area (Å²) in [5, 5.41) is 12.6. The summed E-state index contributed by atoms with van der Waals surface area (Å²) in [4.78, 5) is 19.8. The van der Waals surface area contributed by atoms with Crippen LogP contribution >= 0.6 is 23.2 Å². The van der Waals surface area contributed by atoms with Gasteiger partial charge in [0.25, 0.3) is 0 Å². The quantitative estimate of drug-likeness (QED) is 0.436. The Morgan fingerprint density at radius 2 is 2.00 bits per heavy atom. The van der Waals surface area contributed by atoms with E-state index in [9.17, 15) is 15.0 Å². The van der Waals surface area contributed by atoms with Crippen molar-refractivity contribution in [1.82, 2.24) is 0 Å². The van der Waals surface area contributed by atoms with Crippen LogP contribution in [-0.4, -0.2) is 4.92 Å². The van der Waals surface area contributed by atoms with Crippen LogP contribution in [-0.2, 0) is 0 Å². The number of nitro benzene ring substituents is 1. The van der Waals surface area contributed by atoms with Crippen LogP contribution in [0.1, 0.15) is 0 Å². The summed E-state index contributed by atoms with van der Waals surface area (Å²) in [6, 6.07) is 2.41. The summed E-state index contributed by atoms with van der Waals surface area (Å²) in [6.07, 6.45) is 0. The Morgan fingerprint density at radius 3 is 2.46 bits per heavy atom. The molecule has 0 bridgehead atoms. The fraction of sp³-hybridized carbons (Fsp3) is 0. The predicted octanol–water partition coefficient (Wildman–Crippen LogP) is 3.30. The lowest BCUT2D eigenvalue weighted by Crippen LogP contribution is -1.89. The Hall–Kier alpha value is -1.20. The first kappa shape index (κ1) is 9.88. The van der Waals surface area contributed by atoms with E-state index in [1.54, 1.807) is 0 Å². The molecule has 1 rings (SSSR count). The summed E-state index contributed by atoms with van der Waals surface area (Å²) in [5.74, 6) is 0. The molecule has 68 valence electrons. The molecule has 5 nitrogen and oxygen atoms in total. The fourth-order valence-corrected chi connectivity index (χ4v) is 1.16. The van der Waals surface area contributed by atoms with Crippen LogP contribution in [0.4, 0.5) is 11.4 Å². The third kappa shape index (κ3) is 1.76. The minimum atomic E-state index is -0.801. The van der Waals surface area contributed by atoms with E-state index in [0.717, 1.165) is 6.07 Å². The van der Waals surface area contributed by atoms with Crippen molar-refractivity contribution in [3.05, 3.63) is 37.2 Å². The predicted molar refractivity (Wildman–Crippen MR) is 48.6 cm³/mol. The van der Waals surface area contributed by atoms with Crippen LogP contribution in [0.25, 0.3) is 0 Å². The monoisotopic (exact) mass is 220 g/mol. The SMILES string of the molecule is O=Nc1ccc(Cl)c(Cl)c1[N+](=O)[O-]. The molecule has 0 aliphatic rings. The van der Waals surface area contributed by atoms with Gasteiger partial charge in [0.15, 0.2) is 5.69 Å². The first-order chi connectivity index (χ1) is 6.07. The van der Waals surface area contributed by atoms with Gasteiger partial charge in [-0.05, 0) is 17.3 Å². The second kappa shape index (κ2) is 3.68. The lowest BCUT2D eigenvalue weighted by atomic mass is 10.3. The van der Waals surface area contributed by atoms with E-state index in [0.29, 0.717) is 0 Å². The number of benzene rings is 1. The molecule has 0 heterocycles. The molecule has 13 heavy (non-hydrogen) atoms.